The minimum absolute atomic E-state index is 0. The Hall–Kier alpha value is 1.21. The van der Waals surface area contributed by atoms with Gasteiger partial charge in [-0.25, -0.2) is 0 Å². The molecule has 0 amide bonds. The molecule has 0 aliphatic heterocycles. The predicted molar refractivity (Wildman–Crippen MR) is 27.4 cm³/mol. The summed E-state index contributed by atoms with van der Waals surface area (Å²) >= 11 is 0. The fourth-order valence-electron chi connectivity index (χ4n) is 0. The van der Waals surface area contributed by atoms with Crippen LogP contribution in [0.3, 0.4) is 0 Å². The average molecular weight is 95.9 g/mol. The van der Waals surface area contributed by atoms with Crippen LogP contribution in [0, 0.1) is 0 Å². The summed E-state index contributed by atoms with van der Waals surface area (Å²) in [6.45, 7) is 0.889. The van der Waals surface area contributed by atoms with Crippen LogP contribution in [0.15, 0.2) is 0 Å². The zero-order valence-electron chi connectivity index (χ0n) is 3.99. The van der Waals surface area contributed by atoms with Gasteiger partial charge < -0.3 is 1.43 Å². The van der Waals surface area contributed by atoms with Crippen LogP contribution < -0.4 is 18.9 Å². The van der Waals surface area contributed by atoms with E-state index in [9.17, 15) is 0 Å². The quantitative estimate of drug-likeness (QED) is 0.274. The maximum absolute atomic E-state index is 8.87. The summed E-state index contributed by atoms with van der Waals surface area (Å²) in [6.07, 6.45) is 0. The van der Waals surface area contributed by atoms with Crippen molar-refractivity contribution in [3.63, 3.8) is 0 Å². The standard InChI is InChI=1S/Al.BH3OSi.Li.4H/c;2-1-3;;;;;/h;3H3;;;;;/q;;+1;;;;-1. The molecule has 0 aliphatic carbocycles. The van der Waals surface area contributed by atoms with Crippen LogP contribution in [-0.2, 0) is 4.70 Å². The molecule has 0 aliphatic rings. The van der Waals surface area contributed by atoms with Gasteiger partial charge in [-0.1, -0.05) is 0 Å². The summed E-state index contributed by atoms with van der Waals surface area (Å²) in [7, 11) is 0.688. The number of hydrogen-bond donors (Lipinski definition) is 0. The molecule has 0 bridgehead atoms. The van der Waals surface area contributed by atoms with E-state index in [0.29, 0.717) is 10.1 Å². The average Bonchev–Trinajstić information content (AvgIpc) is 0.918. The second-order valence-corrected chi connectivity index (χ2v) is 0.707. The van der Waals surface area contributed by atoms with Gasteiger partial charge in [0.15, 0.2) is 17.4 Å². The molecule has 0 rings (SSSR count). The van der Waals surface area contributed by atoms with Crippen LogP contribution in [0.25, 0.3) is 0 Å². The van der Waals surface area contributed by atoms with E-state index < -0.39 is 0 Å². The van der Waals surface area contributed by atoms with Crippen LogP contribution in [-0.4, -0.2) is 34.2 Å². The number of hydrogen-bond acceptors (Lipinski definition) is 1. The largest absolute Gasteiger partial charge is 1.00 e. The van der Waals surface area contributed by atoms with Gasteiger partial charge >= 0.3 is 40.4 Å². The van der Waals surface area contributed by atoms with Crippen molar-refractivity contribution in [3.8, 4) is 0 Å². The van der Waals surface area contributed by atoms with Crippen LogP contribution in [0.2, 0.25) is 0 Å². The van der Waals surface area contributed by atoms with Crippen LogP contribution in [0.5, 0.6) is 0 Å². The maximum Gasteiger partial charge on any atom is 1.00 e. The second-order valence-electron chi connectivity index (χ2n) is 0.236. The zero-order chi connectivity index (χ0) is 2.71. The van der Waals surface area contributed by atoms with Gasteiger partial charge in [0.1, 0.15) is 0 Å². The topological polar surface area (TPSA) is 17.1 Å². The Bertz CT molecular complexity index is 23.0. The van der Waals surface area contributed by atoms with E-state index in [2.05, 4.69) is 0 Å². The fourth-order valence-corrected chi connectivity index (χ4v) is 0. The maximum atomic E-state index is 8.87. The molecule has 24 valence electrons. The van der Waals surface area contributed by atoms with Crippen LogP contribution >= 0.6 is 0 Å². The molecule has 1 nitrogen and oxygen atoms in total. The third kappa shape index (κ3) is 36.6. The van der Waals surface area contributed by atoms with E-state index in [0.717, 1.165) is 6.74 Å². The first-order valence-electron chi connectivity index (χ1n) is 0.813. The molecule has 0 heterocycles. The first-order chi connectivity index (χ1) is 1.41. The van der Waals surface area contributed by atoms with Gasteiger partial charge in [-0.3, -0.25) is 0 Å². The van der Waals surface area contributed by atoms with Crippen LogP contribution in [0.4, 0.5) is 0 Å². The normalized spacial score (nSPS) is 2.40. The Balaban J connectivity index is -0.00000000667. The zero-order valence-corrected chi connectivity index (χ0v) is 4.99. The van der Waals surface area contributed by atoms with Gasteiger partial charge in [-0.15, -0.1) is 0 Å². The molecular weight excluding hydrogens is 88.8 g/mol. The number of rotatable bonds is 0. The Morgan fingerprint density at radius 1 is 1.80 bits per heavy atom. The van der Waals surface area contributed by atoms with Crippen molar-refractivity contribution in [2.24, 2.45) is 0 Å². The molecule has 0 atom stereocenters. The SMILES string of the molecule is O=B[SiH3].[AlH3].[H-].[Li+]. The molecule has 0 aromatic rings. The molecule has 0 N–H and O–H groups in total. The van der Waals surface area contributed by atoms with E-state index in [1.165, 1.54) is 0 Å². The molecular formula is H7AlBLiOSi. The molecule has 5 heteroatoms. The van der Waals surface area contributed by atoms with Gasteiger partial charge in [0, 0.05) is 0 Å². The third-order valence-electron chi connectivity index (χ3n) is 0. The smallest absolute Gasteiger partial charge is 1.00 e. The molecule has 0 fully saturated rings. The summed E-state index contributed by atoms with van der Waals surface area (Å²) in [4.78, 5) is 0. The van der Waals surface area contributed by atoms with Crippen molar-refractivity contribution in [2.45, 2.75) is 0 Å². The van der Waals surface area contributed by atoms with Crippen molar-refractivity contribution in [1.29, 1.82) is 0 Å². The van der Waals surface area contributed by atoms with Crippen molar-refractivity contribution < 1.29 is 25.0 Å². The summed E-state index contributed by atoms with van der Waals surface area (Å²) < 4.78 is 8.87. The summed E-state index contributed by atoms with van der Waals surface area (Å²) in [5.74, 6) is 0. The summed E-state index contributed by atoms with van der Waals surface area (Å²) in [6, 6.07) is 0. The Labute approximate surface area is 59.3 Å². The molecule has 0 saturated carbocycles. The van der Waals surface area contributed by atoms with Gasteiger partial charge in [-0.05, 0) is 0 Å². The van der Waals surface area contributed by atoms with Crippen molar-refractivity contribution >= 4 is 34.2 Å². The van der Waals surface area contributed by atoms with Crippen molar-refractivity contribution in [1.82, 2.24) is 0 Å². The van der Waals surface area contributed by atoms with E-state index in [-0.39, 0.29) is 37.6 Å². The van der Waals surface area contributed by atoms with Gasteiger partial charge in [0.2, 0.25) is 0 Å². The summed E-state index contributed by atoms with van der Waals surface area (Å²) in [5, 5.41) is 0. The van der Waals surface area contributed by atoms with Crippen molar-refractivity contribution in [3.05, 3.63) is 0 Å². The van der Waals surface area contributed by atoms with E-state index in [1.807, 2.05) is 0 Å². The Morgan fingerprint density at radius 3 is 1.80 bits per heavy atom. The molecule has 0 unspecified atom stereocenters. The molecule has 5 heavy (non-hydrogen) atoms. The molecule has 0 aromatic carbocycles. The molecule has 0 radical (unpaired) electrons. The van der Waals surface area contributed by atoms with Gasteiger partial charge in [0.25, 0.3) is 0 Å². The molecule has 0 spiro atoms. The molecule has 0 saturated heterocycles. The third-order valence-corrected chi connectivity index (χ3v) is 0. The Kier molecular flexibility index (Phi) is 61.8. The minimum atomic E-state index is 0. The molecule has 0 aromatic heterocycles. The van der Waals surface area contributed by atoms with E-state index >= 15 is 0 Å². The monoisotopic (exact) mass is 96.0 g/mol. The van der Waals surface area contributed by atoms with E-state index in [4.69, 9.17) is 4.70 Å². The van der Waals surface area contributed by atoms with Gasteiger partial charge in [-0.2, -0.15) is 0 Å². The van der Waals surface area contributed by atoms with Crippen molar-refractivity contribution in [2.75, 3.05) is 0 Å². The Morgan fingerprint density at radius 2 is 1.80 bits per heavy atom. The predicted octanol–water partition coefficient (Wildman–Crippen LogP) is -5.75. The first kappa shape index (κ1) is 16.4. The first-order valence-corrected chi connectivity index (χ1v) is 1.97. The van der Waals surface area contributed by atoms with Crippen LogP contribution in [0.1, 0.15) is 1.43 Å². The fraction of sp³-hybridized carbons (Fsp3) is 0. The minimum Gasteiger partial charge on any atom is -1.00 e. The summed E-state index contributed by atoms with van der Waals surface area (Å²) in [5.41, 5.74) is 0. The van der Waals surface area contributed by atoms with Gasteiger partial charge in [0.05, 0.1) is 0 Å². The van der Waals surface area contributed by atoms with E-state index in [1.54, 1.807) is 0 Å². The second kappa shape index (κ2) is 18.9.